The third kappa shape index (κ3) is 3.69. The van der Waals surface area contributed by atoms with E-state index in [0.717, 1.165) is 27.6 Å². The number of carbonyl (C=O) groups excluding carboxylic acids is 1. The van der Waals surface area contributed by atoms with Gasteiger partial charge in [-0.1, -0.05) is 24.3 Å². The fraction of sp³-hybridized carbons (Fsp3) is 0.158. The summed E-state index contributed by atoms with van der Waals surface area (Å²) in [7, 11) is 0. The predicted molar refractivity (Wildman–Crippen MR) is 96.8 cm³/mol. The summed E-state index contributed by atoms with van der Waals surface area (Å²) in [6.45, 7) is 0. The Kier molecular flexibility index (Phi) is 4.43. The third-order valence-electron chi connectivity index (χ3n) is 3.84. The van der Waals surface area contributed by atoms with Crippen molar-refractivity contribution in [3.05, 3.63) is 61.1 Å². The van der Waals surface area contributed by atoms with Crippen LogP contribution in [0.4, 0.5) is 5.69 Å². The Morgan fingerprint density at radius 2 is 2.16 bits per heavy atom. The SMILES string of the molecule is O=C(CC1CSc2ccccc2O1)Nc1cccc(-c2cnco2)c1. The number of benzene rings is 2. The van der Waals surface area contributed by atoms with Gasteiger partial charge in [-0.2, -0.15) is 0 Å². The smallest absolute Gasteiger partial charge is 0.228 e. The first-order chi connectivity index (χ1) is 12.3. The van der Waals surface area contributed by atoms with E-state index >= 15 is 0 Å². The minimum Gasteiger partial charge on any atom is -0.488 e. The van der Waals surface area contributed by atoms with Crippen molar-refractivity contribution in [2.24, 2.45) is 0 Å². The van der Waals surface area contributed by atoms with E-state index in [9.17, 15) is 4.79 Å². The van der Waals surface area contributed by atoms with Gasteiger partial charge in [0.05, 0.1) is 12.6 Å². The number of anilines is 1. The maximum atomic E-state index is 12.4. The first-order valence-electron chi connectivity index (χ1n) is 7.95. The molecule has 2 heterocycles. The lowest BCUT2D eigenvalue weighted by Gasteiger charge is -2.25. The number of nitrogens with one attached hydrogen (secondary N) is 1. The molecule has 1 amide bonds. The molecule has 6 heteroatoms. The lowest BCUT2D eigenvalue weighted by molar-refractivity contribution is -0.117. The van der Waals surface area contributed by atoms with Crippen molar-refractivity contribution in [2.45, 2.75) is 17.4 Å². The van der Waals surface area contributed by atoms with Crippen LogP contribution in [0.25, 0.3) is 11.3 Å². The van der Waals surface area contributed by atoms with Gasteiger partial charge >= 0.3 is 0 Å². The molecule has 1 aliphatic heterocycles. The monoisotopic (exact) mass is 352 g/mol. The Morgan fingerprint density at radius 3 is 3.04 bits per heavy atom. The molecular formula is C19H16N2O3S. The fourth-order valence-electron chi connectivity index (χ4n) is 2.69. The van der Waals surface area contributed by atoms with E-state index < -0.39 is 0 Å². The molecule has 25 heavy (non-hydrogen) atoms. The average molecular weight is 352 g/mol. The summed E-state index contributed by atoms with van der Waals surface area (Å²) in [5.41, 5.74) is 1.59. The minimum atomic E-state index is -0.127. The number of hydrogen-bond acceptors (Lipinski definition) is 5. The number of para-hydroxylation sites is 1. The molecule has 3 aromatic rings. The molecular weight excluding hydrogens is 336 g/mol. The highest BCUT2D eigenvalue weighted by Crippen LogP contribution is 2.35. The second kappa shape index (κ2) is 7.03. The van der Waals surface area contributed by atoms with Gasteiger partial charge in [0, 0.05) is 21.9 Å². The van der Waals surface area contributed by atoms with Gasteiger partial charge in [-0.25, -0.2) is 4.98 Å². The summed E-state index contributed by atoms with van der Waals surface area (Å²) in [6.07, 6.45) is 3.22. The largest absolute Gasteiger partial charge is 0.488 e. The number of thioether (sulfide) groups is 1. The van der Waals surface area contributed by atoms with E-state index in [1.807, 2.05) is 48.5 Å². The van der Waals surface area contributed by atoms with Crippen molar-refractivity contribution >= 4 is 23.4 Å². The van der Waals surface area contributed by atoms with Crippen LogP contribution in [0.1, 0.15) is 6.42 Å². The number of oxazole rings is 1. The van der Waals surface area contributed by atoms with Crippen molar-refractivity contribution in [2.75, 3.05) is 11.1 Å². The van der Waals surface area contributed by atoms with Gasteiger partial charge in [0.1, 0.15) is 11.9 Å². The maximum absolute atomic E-state index is 12.4. The second-order valence-corrected chi connectivity index (χ2v) is 6.76. The van der Waals surface area contributed by atoms with Gasteiger partial charge in [0.25, 0.3) is 0 Å². The van der Waals surface area contributed by atoms with E-state index in [2.05, 4.69) is 10.3 Å². The zero-order valence-corrected chi connectivity index (χ0v) is 14.2. The number of rotatable bonds is 4. The lowest BCUT2D eigenvalue weighted by Crippen LogP contribution is -2.28. The molecule has 0 spiro atoms. The average Bonchev–Trinajstić information content (AvgIpc) is 3.16. The van der Waals surface area contributed by atoms with Crippen LogP contribution in [0.15, 0.2) is 70.4 Å². The molecule has 1 aliphatic rings. The van der Waals surface area contributed by atoms with Crippen LogP contribution < -0.4 is 10.1 Å². The van der Waals surface area contributed by atoms with Crippen LogP contribution in [0, 0.1) is 0 Å². The second-order valence-electron chi connectivity index (χ2n) is 5.70. The zero-order chi connectivity index (χ0) is 17.1. The molecule has 0 radical (unpaired) electrons. The van der Waals surface area contributed by atoms with E-state index in [1.165, 1.54) is 6.39 Å². The van der Waals surface area contributed by atoms with Crippen molar-refractivity contribution in [3.8, 4) is 17.1 Å². The van der Waals surface area contributed by atoms with E-state index in [0.29, 0.717) is 12.2 Å². The highest BCUT2D eigenvalue weighted by Gasteiger charge is 2.22. The van der Waals surface area contributed by atoms with Crippen molar-refractivity contribution in [1.82, 2.24) is 4.98 Å². The first kappa shape index (κ1) is 15.8. The predicted octanol–water partition coefficient (Wildman–Crippen LogP) is 4.22. The number of amides is 1. The Balaban J connectivity index is 1.39. The van der Waals surface area contributed by atoms with Crippen LogP contribution in [-0.2, 0) is 4.79 Å². The lowest BCUT2D eigenvalue weighted by atomic mass is 10.1. The molecule has 1 atom stereocenters. The van der Waals surface area contributed by atoms with Gasteiger partial charge in [0.2, 0.25) is 5.91 Å². The van der Waals surface area contributed by atoms with Crippen molar-refractivity contribution < 1.29 is 13.9 Å². The molecule has 4 rings (SSSR count). The Labute approximate surface area is 149 Å². The molecule has 0 saturated heterocycles. The Hall–Kier alpha value is -2.73. The summed E-state index contributed by atoms with van der Waals surface area (Å²) < 4.78 is 11.2. The molecule has 1 unspecified atom stereocenters. The summed E-state index contributed by atoms with van der Waals surface area (Å²) in [4.78, 5) is 17.4. The van der Waals surface area contributed by atoms with E-state index in [-0.39, 0.29) is 12.0 Å². The quantitative estimate of drug-likeness (QED) is 0.761. The van der Waals surface area contributed by atoms with Crippen LogP contribution in [0.2, 0.25) is 0 Å². The molecule has 1 N–H and O–H groups in total. The topological polar surface area (TPSA) is 64.4 Å². The highest BCUT2D eigenvalue weighted by molar-refractivity contribution is 7.99. The van der Waals surface area contributed by atoms with Gasteiger partial charge in [-0.15, -0.1) is 11.8 Å². The summed E-state index contributed by atoms with van der Waals surface area (Å²) >= 11 is 1.72. The number of ether oxygens (including phenoxy) is 1. The van der Waals surface area contributed by atoms with E-state index in [4.69, 9.17) is 9.15 Å². The van der Waals surface area contributed by atoms with Crippen LogP contribution in [0.3, 0.4) is 0 Å². The fourth-order valence-corrected chi connectivity index (χ4v) is 3.68. The van der Waals surface area contributed by atoms with Crippen LogP contribution >= 0.6 is 11.8 Å². The molecule has 126 valence electrons. The van der Waals surface area contributed by atoms with Crippen molar-refractivity contribution in [3.63, 3.8) is 0 Å². The molecule has 2 aromatic carbocycles. The molecule has 5 nitrogen and oxygen atoms in total. The third-order valence-corrected chi connectivity index (χ3v) is 5.03. The molecule has 0 fully saturated rings. The summed E-state index contributed by atoms with van der Waals surface area (Å²) in [6, 6.07) is 15.4. The number of hydrogen-bond donors (Lipinski definition) is 1. The maximum Gasteiger partial charge on any atom is 0.228 e. The van der Waals surface area contributed by atoms with Gasteiger partial charge in [0.15, 0.2) is 12.2 Å². The van der Waals surface area contributed by atoms with Crippen LogP contribution in [0.5, 0.6) is 5.75 Å². The number of aromatic nitrogens is 1. The summed E-state index contributed by atoms with van der Waals surface area (Å²) in [5.74, 6) is 2.21. The first-order valence-corrected chi connectivity index (χ1v) is 8.94. The number of fused-ring (bicyclic) bond motifs is 1. The molecule has 1 aromatic heterocycles. The highest BCUT2D eigenvalue weighted by atomic mass is 32.2. The van der Waals surface area contributed by atoms with Gasteiger partial charge in [-0.3, -0.25) is 4.79 Å². The molecule has 0 aliphatic carbocycles. The van der Waals surface area contributed by atoms with E-state index in [1.54, 1.807) is 18.0 Å². The zero-order valence-electron chi connectivity index (χ0n) is 13.3. The minimum absolute atomic E-state index is 0.0697. The normalized spacial score (nSPS) is 15.9. The summed E-state index contributed by atoms with van der Waals surface area (Å²) in [5, 5.41) is 2.93. The van der Waals surface area contributed by atoms with Gasteiger partial charge < -0.3 is 14.5 Å². The van der Waals surface area contributed by atoms with Crippen molar-refractivity contribution in [1.29, 1.82) is 0 Å². The van der Waals surface area contributed by atoms with Gasteiger partial charge in [-0.05, 0) is 24.3 Å². The number of carbonyl (C=O) groups is 1. The number of nitrogens with zero attached hydrogens (tertiary/aromatic N) is 1. The Morgan fingerprint density at radius 1 is 1.24 bits per heavy atom. The molecule has 0 bridgehead atoms. The standard InChI is InChI=1S/C19H16N2O3S/c22-19(9-15-11-25-18-7-2-1-6-16(18)24-15)21-14-5-3-4-13(8-14)17-10-20-12-23-17/h1-8,10,12,15H,9,11H2,(H,21,22). The van der Waals surface area contributed by atoms with Crippen LogP contribution in [-0.4, -0.2) is 22.7 Å². The Bertz CT molecular complexity index is 880. The molecule has 0 saturated carbocycles.